The van der Waals surface area contributed by atoms with Crippen molar-refractivity contribution in [2.75, 3.05) is 32.1 Å². The van der Waals surface area contributed by atoms with Crippen molar-refractivity contribution in [1.82, 2.24) is 19.5 Å². The predicted octanol–water partition coefficient (Wildman–Crippen LogP) is 5.15. The van der Waals surface area contributed by atoms with Gasteiger partial charge in [-0.2, -0.15) is 5.10 Å². The summed E-state index contributed by atoms with van der Waals surface area (Å²) in [5.74, 6) is 0.459. The minimum absolute atomic E-state index is 0.459. The topological polar surface area (TPSA) is 36.7 Å². The quantitative estimate of drug-likeness (QED) is 0.443. The van der Waals surface area contributed by atoms with Crippen LogP contribution in [0.4, 0.5) is 5.69 Å². The van der Waals surface area contributed by atoms with Crippen LogP contribution in [0.5, 0.6) is 0 Å². The molecule has 5 rings (SSSR count). The molecule has 2 aromatic heterocycles. The Balaban J connectivity index is 1.46. The Bertz CT molecular complexity index is 1190. The molecule has 0 amide bonds. The average Bonchev–Trinajstić information content (AvgIpc) is 3.15. The number of aryl methyl sites for hydroxylation is 1. The number of nitrogens with zero attached hydrogens (tertiary/aromatic N) is 5. The normalized spacial score (nSPS) is 17.0. The summed E-state index contributed by atoms with van der Waals surface area (Å²) in [6, 6.07) is 21.6. The molecule has 0 aliphatic carbocycles. The highest BCUT2D eigenvalue weighted by atomic mass is 15.3. The summed E-state index contributed by atoms with van der Waals surface area (Å²) in [4.78, 5) is 9.45. The number of fused-ring (bicyclic) bond motifs is 1. The van der Waals surface area contributed by atoms with Crippen LogP contribution in [0.15, 0.2) is 66.9 Å². The molecule has 32 heavy (non-hydrogen) atoms. The maximum Gasteiger partial charge on any atom is 0.163 e. The maximum absolute atomic E-state index is 4.96. The molecule has 1 aliphatic rings. The third-order valence-corrected chi connectivity index (χ3v) is 6.57. The van der Waals surface area contributed by atoms with Gasteiger partial charge < -0.3 is 4.90 Å². The number of aromatic nitrogens is 3. The van der Waals surface area contributed by atoms with Crippen LogP contribution < -0.4 is 4.90 Å². The Kier molecular flexibility index (Phi) is 5.66. The molecule has 4 aromatic rings. The summed E-state index contributed by atoms with van der Waals surface area (Å²) in [6.07, 6.45) is 4.36. The van der Waals surface area contributed by atoms with Gasteiger partial charge in [-0.3, -0.25) is 4.90 Å². The second kappa shape index (κ2) is 8.75. The lowest BCUT2D eigenvalue weighted by molar-refractivity contribution is 0.197. The standard InChI is InChI=1S/C27H31N5/c1-20-26(22-11-13-24(14-12-22)30(2)3)27-28-16-15-25(32(27)29-20)23-10-7-17-31(19-23)18-21-8-5-4-6-9-21/h4-6,8-9,11-16,23H,7,10,17-19H2,1-3H3. The van der Waals surface area contributed by atoms with Crippen LogP contribution >= 0.6 is 0 Å². The van der Waals surface area contributed by atoms with Crippen molar-refractivity contribution in [3.8, 4) is 11.1 Å². The number of hydrogen-bond donors (Lipinski definition) is 0. The zero-order valence-electron chi connectivity index (χ0n) is 19.2. The summed E-state index contributed by atoms with van der Waals surface area (Å²) in [6.45, 7) is 5.31. The van der Waals surface area contributed by atoms with Crippen LogP contribution in [0.2, 0.25) is 0 Å². The van der Waals surface area contributed by atoms with Crippen molar-refractivity contribution in [3.63, 3.8) is 0 Å². The lowest BCUT2D eigenvalue weighted by Gasteiger charge is -2.33. The van der Waals surface area contributed by atoms with E-state index in [4.69, 9.17) is 10.1 Å². The summed E-state index contributed by atoms with van der Waals surface area (Å²) < 4.78 is 2.10. The van der Waals surface area contributed by atoms with Gasteiger partial charge >= 0.3 is 0 Å². The lowest BCUT2D eigenvalue weighted by Crippen LogP contribution is -2.34. The van der Waals surface area contributed by atoms with E-state index in [1.54, 1.807) is 0 Å². The zero-order chi connectivity index (χ0) is 22.1. The number of benzene rings is 2. The van der Waals surface area contributed by atoms with Crippen molar-refractivity contribution in [3.05, 3.63) is 83.8 Å². The van der Waals surface area contributed by atoms with Crippen LogP contribution in [-0.2, 0) is 6.54 Å². The first-order valence-corrected chi connectivity index (χ1v) is 11.5. The fraction of sp³-hybridized carbons (Fsp3) is 0.333. The summed E-state index contributed by atoms with van der Waals surface area (Å²) in [5.41, 5.74) is 8.13. The first-order valence-electron chi connectivity index (χ1n) is 11.5. The molecule has 5 nitrogen and oxygen atoms in total. The smallest absolute Gasteiger partial charge is 0.163 e. The minimum atomic E-state index is 0.459. The van der Waals surface area contributed by atoms with Crippen molar-refractivity contribution in [2.45, 2.75) is 32.2 Å². The van der Waals surface area contributed by atoms with Gasteiger partial charge in [-0.05, 0) is 55.6 Å². The van der Waals surface area contributed by atoms with Crippen molar-refractivity contribution >= 4 is 11.3 Å². The van der Waals surface area contributed by atoms with Gasteiger partial charge in [0.05, 0.1) is 11.4 Å². The molecule has 1 aliphatic heterocycles. The third kappa shape index (κ3) is 4.00. The Hall–Kier alpha value is -3.18. The molecule has 164 valence electrons. The van der Waals surface area contributed by atoms with Crippen LogP contribution in [0, 0.1) is 6.92 Å². The molecule has 5 heteroatoms. The predicted molar refractivity (Wildman–Crippen MR) is 131 cm³/mol. The van der Waals surface area contributed by atoms with Gasteiger partial charge in [0.25, 0.3) is 0 Å². The van der Waals surface area contributed by atoms with E-state index < -0.39 is 0 Å². The van der Waals surface area contributed by atoms with E-state index in [1.807, 2.05) is 6.20 Å². The Morgan fingerprint density at radius 2 is 1.78 bits per heavy atom. The van der Waals surface area contributed by atoms with Gasteiger partial charge in [-0.15, -0.1) is 0 Å². The molecular formula is C27H31N5. The fourth-order valence-electron chi connectivity index (χ4n) is 4.92. The Morgan fingerprint density at radius 1 is 1.00 bits per heavy atom. The van der Waals surface area contributed by atoms with Gasteiger partial charge in [0.1, 0.15) is 0 Å². The highest BCUT2D eigenvalue weighted by molar-refractivity contribution is 5.80. The first-order chi connectivity index (χ1) is 15.6. The number of anilines is 1. The molecule has 0 spiro atoms. The van der Waals surface area contributed by atoms with Crippen molar-refractivity contribution in [2.24, 2.45) is 0 Å². The maximum atomic E-state index is 4.96. The van der Waals surface area contributed by atoms with Crippen LogP contribution in [-0.4, -0.2) is 46.7 Å². The van der Waals surface area contributed by atoms with Crippen molar-refractivity contribution < 1.29 is 0 Å². The van der Waals surface area contributed by atoms with Crippen LogP contribution in [0.1, 0.15) is 35.7 Å². The molecule has 1 unspecified atom stereocenters. The summed E-state index contributed by atoms with van der Waals surface area (Å²) >= 11 is 0. The van der Waals surface area contributed by atoms with Gasteiger partial charge in [-0.1, -0.05) is 42.5 Å². The summed E-state index contributed by atoms with van der Waals surface area (Å²) in [5, 5.41) is 4.96. The molecule has 1 atom stereocenters. The van der Waals surface area contributed by atoms with Gasteiger partial charge in [0.15, 0.2) is 5.65 Å². The van der Waals surface area contributed by atoms with Crippen molar-refractivity contribution in [1.29, 1.82) is 0 Å². The highest BCUT2D eigenvalue weighted by Crippen LogP contribution is 2.33. The number of hydrogen-bond acceptors (Lipinski definition) is 4. The molecular weight excluding hydrogens is 394 g/mol. The Morgan fingerprint density at radius 3 is 2.53 bits per heavy atom. The second-order valence-corrected chi connectivity index (χ2v) is 9.07. The van der Waals surface area contributed by atoms with E-state index in [0.717, 1.165) is 36.5 Å². The second-order valence-electron chi connectivity index (χ2n) is 9.07. The number of piperidine rings is 1. The molecule has 0 saturated carbocycles. The number of likely N-dealkylation sites (tertiary alicyclic amines) is 1. The summed E-state index contributed by atoms with van der Waals surface area (Å²) in [7, 11) is 4.13. The van der Waals surface area contributed by atoms with Gasteiger partial charge in [0, 0.05) is 50.6 Å². The largest absolute Gasteiger partial charge is 0.378 e. The average molecular weight is 426 g/mol. The van der Waals surface area contributed by atoms with E-state index in [2.05, 4.69) is 96.0 Å². The highest BCUT2D eigenvalue weighted by Gasteiger charge is 2.25. The molecule has 1 saturated heterocycles. The fourth-order valence-corrected chi connectivity index (χ4v) is 4.92. The molecule has 0 radical (unpaired) electrons. The van der Waals surface area contributed by atoms with Crippen LogP contribution in [0.25, 0.3) is 16.8 Å². The molecule has 3 heterocycles. The molecule has 2 aromatic carbocycles. The monoisotopic (exact) mass is 425 g/mol. The minimum Gasteiger partial charge on any atom is -0.378 e. The Labute approximate surface area is 190 Å². The molecule has 1 fully saturated rings. The lowest BCUT2D eigenvalue weighted by atomic mass is 9.94. The van der Waals surface area contributed by atoms with Gasteiger partial charge in [0.2, 0.25) is 0 Å². The van der Waals surface area contributed by atoms with E-state index in [0.29, 0.717) is 5.92 Å². The van der Waals surface area contributed by atoms with E-state index >= 15 is 0 Å². The first kappa shape index (κ1) is 20.7. The third-order valence-electron chi connectivity index (χ3n) is 6.57. The van der Waals surface area contributed by atoms with Gasteiger partial charge in [-0.25, -0.2) is 9.50 Å². The van der Waals surface area contributed by atoms with E-state index in [-0.39, 0.29) is 0 Å². The van der Waals surface area contributed by atoms with E-state index in [1.165, 1.54) is 35.3 Å². The van der Waals surface area contributed by atoms with Crippen LogP contribution in [0.3, 0.4) is 0 Å². The molecule has 0 N–H and O–H groups in total. The number of rotatable bonds is 5. The zero-order valence-corrected chi connectivity index (χ0v) is 19.2. The molecule has 0 bridgehead atoms. The SMILES string of the molecule is Cc1nn2c(C3CCCN(Cc4ccccc4)C3)ccnc2c1-c1ccc(N(C)C)cc1. The van der Waals surface area contributed by atoms with E-state index in [9.17, 15) is 0 Å².